The molecule has 3 rings (SSSR count). The smallest absolute Gasteiger partial charge is 0.224 e. The first-order valence-corrected chi connectivity index (χ1v) is 9.04. The summed E-state index contributed by atoms with van der Waals surface area (Å²) in [5.74, 6) is 0.307. The van der Waals surface area contributed by atoms with E-state index in [-0.39, 0.29) is 27.4 Å². The summed E-state index contributed by atoms with van der Waals surface area (Å²) in [6.45, 7) is 0. The molecule has 0 spiro atoms. The molecule has 0 aliphatic carbocycles. The van der Waals surface area contributed by atoms with Gasteiger partial charge in [-0.15, -0.1) is 0 Å². The number of rotatable bonds is 5. The zero-order chi connectivity index (χ0) is 18.7. The Bertz CT molecular complexity index is 1020. The van der Waals surface area contributed by atoms with E-state index in [1.165, 1.54) is 12.1 Å². The summed E-state index contributed by atoms with van der Waals surface area (Å²) in [6.07, 6.45) is 0. The average Bonchev–Trinajstić information content (AvgIpc) is 2.62. The van der Waals surface area contributed by atoms with E-state index in [9.17, 15) is 8.42 Å². The third-order valence-electron chi connectivity index (χ3n) is 3.58. The van der Waals surface area contributed by atoms with Crippen LogP contribution in [0.5, 0.6) is 5.75 Å². The summed E-state index contributed by atoms with van der Waals surface area (Å²) >= 11 is 0. The highest BCUT2D eigenvalue weighted by Crippen LogP contribution is 2.33. The highest BCUT2D eigenvalue weighted by atomic mass is 32.2. The quantitative estimate of drug-likeness (QED) is 0.622. The summed E-state index contributed by atoms with van der Waals surface area (Å²) in [5.41, 5.74) is 12.1. The van der Waals surface area contributed by atoms with E-state index in [0.29, 0.717) is 11.4 Å². The van der Waals surface area contributed by atoms with Gasteiger partial charge in [0.15, 0.2) is 16.5 Å². The van der Waals surface area contributed by atoms with Crippen molar-refractivity contribution in [2.24, 2.45) is 0 Å². The number of nitrogens with zero attached hydrogens (tertiary/aromatic N) is 2. The van der Waals surface area contributed by atoms with E-state index in [4.69, 9.17) is 16.2 Å². The van der Waals surface area contributed by atoms with E-state index in [0.717, 1.165) is 0 Å². The molecule has 0 radical (unpaired) electrons. The van der Waals surface area contributed by atoms with Gasteiger partial charge in [0, 0.05) is 5.69 Å². The van der Waals surface area contributed by atoms with E-state index >= 15 is 0 Å². The van der Waals surface area contributed by atoms with Crippen LogP contribution in [0.2, 0.25) is 0 Å². The van der Waals surface area contributed by atoms with E-state index in [1.807, 2.05) is 0 Å². The highest BCUT2D eigenvalue weighted by Gasteiger charge is 2.27. The van der Waals surface area contributed by atoms with E-state index < -0.39 is 9.84 Å². The molecule has 0 amide bonds. The molecule has 0 aliphatic heterocycles. The number of nitrogens with one attached hydrogen (secondary N) is 1. The summed E-state index contributed by atoms with van der Waals surface area (Å²) < 4.78 is 31.1. The molecule has 1 heterocycles. The zero-order valence-electron chi connectivity index (χ0n) is 13.9. The second-order valence-corrected chi connectivity index (χ2v) is 7.20. The molecule has 0 bridgehead atoms. The maximum absolute atomic E-state index is 13.0. The molecule has 5 N–H and O–H groups in total. The lowest BCUT2D eigenvalue weighted by Crippen LogP contribution is -2.13. The van der Waals surface area contributed by atoms with Gasteiger partial charge in [-0.2, -0.15) is 9.97 Å². The minimum Gasteiger partial charge on any atom is -0.497 e. The van der Waals surface area contributed by atoms with Gasteiger partial charge in [0.25, 0.3) is 0 Å². The summed E-state index contributed by atoms with van der Waals surface area (Å²) in [6, 6.07) is 14.8. The predicted octanol–water partition coefficient (Wildman–Crippen LogP) is 2.23. The molecule has 26 heavy (non-hydrogen) atoms. The lowest BCUT2D eigenvalue weighted by molar-refractivity contribution is 0.415. The first-order chi connectivity index (χ1) is 12.4. The van der Waals surface area contributed by atoms with Gasteiger partial charge in [-0.25, -0.2) is 8.42 Å². The van der Waals surface area contributed by atoms with Crippen molar-refractivity contribution < 1.29 is 13.2 Å². The van der Waals surface area contributed by atoms with Crippen molar-refractivity contribution in [3.05, 3.63) is 54.6 Å². The average molecular weight is 371 g/mol. The number of hydrogen-bond donors (Lipinski definition) is 3. The van der Waals surface area contributed by atoms with Crippen molar-refractivity contribution in [2.75, 3.05) is 23.9 Å². The number of nitrogens with two attached hydrogens (primary N) is 2. The summed E-state index contributed by atoms with van der Waals surface area (Å²) in [7, 11) is -2.39. The molecule has 0 fully saturated rings. The van der Waals surface area contributed by atoms with Gasteiger partial charge in [-0.3, -0.25) is 0 Å². The van der Waals surface area contributed by atoms with Gasteiger partial charge in [-0.05, 0) is 36.4 Å². The second-order valence-electron chi connectivity index (χ2n) is 5.31. The van der Waals surface area contributed by atoms with Crippen LogP contribution in [0.3, 0.4) is 0 Å². The number of benzene rings is 2. The number of ether oxygens (including phenoxy) is 1. The van der Waals surface area contributed by atoms with Crippen molar-refractivity contribution in [1.82, 2.24) is 9.97 Å². The second kappa shape index (κ2) is 6.89. The molecule has 9 heteroatoms. The van der Waals surface area contributed by atoms with Gasteiger partial charge < -0.3 is 21.5 Å². The van der Waals surface area contributed by atoms with Gasteiger partial charge in [-0.1, -0.05) is 18.2 Å². The minimum atomic E-state index is -3.94. The van der Waals surface area contributed by atoms with Crippen LogP contribution < -0.4 is 21.5 Å². The molecular formula is C17H17N5O3S. The Hall–Kier alpha value is -3.33. The standard InChI is InChI=1S/C17H17N5O3S/c1-25-12-9-7-11(8-10-12)20-16-14(15(18)21-17(19)22-16)26(23,24)13-5-3-2-4-6-13/h2-10H,1H3,(H5,18,19,20,21,22). The number of anilines is 4. The maximum atomic E-state index is 13.0. The Morgan fingerprint density at radius 1 is 0.962 bits per heavy atom. The molecule has 8 nitrogen and oxygen atoms in total. The Balaban J connectivity index is 2.11. The van der Waals surface area contributed by atoms with Crippen LogP contribution in [0.15, 0.2) is 64.4 Å². The molecule has 0 atom stereocenters. The fraction of sp³-hybridized carbons (Fsp3) is 0.0588. The molecule has 0 aliphatic rings. The fourth-order valence-electron chi connectivity index (χ4n) is 2.36. The Kier molecular flexibility index (Phi) is 4.63. The van der Waals surface area contributed by atoms with Gasteiger partial charge in [0.05, 0.1) is 12.0 Å². The number of methoxy groups -OCH3 is 1. The third kappa shape index (κ3) is 3.38. The van der Waals surface area contributed by atoms with Crippen LogP contribution in [-0.4, -0.2) is 25.5 Å². The third-order valence-corrected chi connectivity index (χ3v) is 5.42. The number of hydrogen-bond acceptors (Lipinski definition) is 8. The molecule has 134 valence electrons. The predicted molar refractivity (Wildman–Crippen MR) is 99.0 cm³/mol. The van der Waals surface area contributed by atoms with Crippen molar-refractivity contribution in [3.63, 3.8) is 0 Å². The molecule has 2 aromatic carbocycles. The lowest BCUT2D eigenvalue weighted by Gasteiger charge is -2.14. The fourth-order valence-corrected chi connectivity index (χ4v) is 3.79. The Labute approximate surface area is 150 Å². The number of aromatic nitrogens is 2. The lowest BCUT2D eigenvalue weighted by atomic mass is 10.3. The molecule has 0 unspecified atom stereocenters. The first kappa shape index (κ1) is 17.5. The van der Waals surface area contributed by atoms with Crippen molar-refractivity contribution >= 4 is 33.1 Å². The summed E-state index contributed by atoms with van der Waals surface area (Å²) in [5, 5.41) is 2.94. The van der Waals surface area contributed by atoms with Crippen LogP contribution >= 0.6 is 0 Å². The van der Waals surface area contributed by atoms with Gasteiger partial charge in [0.1, 0.15) is 5.75 Å². The van der Waals surface area contributed by atoms with Crippen molar-refractivity contribution in [2.45, 2.75) is 9.79 Å². The molecule has 1 aromatic heterocycles. The summed E-state index contributed by atoms with van der Waals surface area (Å²) in [4.78, 5) is 7.68. The van der Waals surface area contributed by atoms with E-state index in [2.05, 4.69) is 15.3 Å². The normalized spacial score (nSPS) is 11.1. The highest BCUT2D eigenvalue weighted by molar-refractivity contribution is 7.91. The minimum absolute atomic E-state index is 0.00372. The largest absolute Gasteiger partial charge is 0.497 e. The van der Waals surface area contributed by atoms with Crippen LogP contribution in [-0.2, 0) is 9.84 Å². The SMILES string of the molecule is COc1ccc(Nc2nc(N)nc(N)c2S(=O)(=O)c2ccccc2)cc1. The number of sulfone groups is 1. The van der Waals surface area contributed by atoms with Crippen LogP contribution in [0.1, 0.15) is 0 Å². The van der Waals surface area contributed by atoms with Gasteiger partial charge >= 0.3 is 0 Å². The number of nitrogen functional groups attached to an aromatic ring is 2. The van der Waals surface area contributed by atoms with Crippen LogP contribution in [0.25, 0.3) is 0 Å². The van der Waals surface area contributed by atoms with Gasteiger partial charge in [0.2, 0.25) is 15.8 Å². The Morgan fingerprint density at radius 3 is 2.23 bits per heavy atom. The van der Waals surface area contributed by atoms with Crippen LogP contribution in [0.4, 0.5) is 23.3 Å². The molecule has 3 aromatic rings. The van der Waals surface area contributed by atoms with E-state index in [1.54, 1.807) is 49.6 Å². The Morgan fingerprint density at radius 2 is 1.62 bits per heavy atom. The van der Waals surface area contributed by atoms with Crippen LogP contribution in [0, 0.1) is 0 Å². The monoisotopic (exact) mass is 371 g/mol. The molecule has 0 saturated heterocycles. The zero-order valence-corrected chi connectivity index (χ0v) is 14.7. The first-order valence-electron chi connectivity index (χ1n) is 7.56. The maximum Gasteiger partial charge on any atom is 0.224 e. The topological polar surface area (TPSA) is 133 Å². The molecular weight excluding hydrogens is 354 g/mol. The van der Waals surface area contributed by atoms with Crippen molar-refractivity contribution in [1.29, 1.82) is 0 Å². The van der Waals surface area contributed by atoms with Crippen molar-refractivity contribution in [3.8, 4) is 5.75 Å². The molecule has 0 saturated carbocycles.